The lowest BCUT2D eigenvalue weighted by Gasteiger charge is -2.17. The lowest BCUT2D eigenvalue weighted by molar-refractivity contribution is 0.198. The maximum Gasteiger partial charge on any atom is 0.317 e. The molecule has 1 unspecified atom stereocenters. The fraction of sp³-hybridized carbons (Fsp3) is 0.929. The molecule has 2 fully saturated rings. The molecule has 2 N–H and O–H groups in total. The number of urea groups is 1. The predicted molar refractivity (Wildman–Crippen MR) is 75.1 cm³/mol. The van der Waals surface area contributed by atoms with E-state index in [1.165, 1.54) is 38.9 Å². The molecule has 0 spiro atoms. The number of carbonyl (C=O) groups excluding carboxylic acids is 1. The summed E-state index contributed by atoms with van der Waals surface area (Å²) in [6, 6.07) is 0.0390. The van der Waals surface area contributed by atoms with Gasteiger partial charge in [-0.05, 0) is 51.7 Å². The number of likely N-dealkylation sites (tertiary alicyclic amines) is 2. The molecule has 2 saturated heterocycles. The van der Waals surface area contributed by atoms with Crippen LogP contribution in [-0.4, -0.2) is 66.8 Å². The van der Waals surface area contributed by atoms with Crippen LogP contribution in [0.4, 0.5) is 4.79 Å². The zero-order valence-corrected chi connectivity index (χ0v) is 11.8. The zero-order chi connectivity index (χ0) is 13.5. The molecule has 0 aromatic carbocycles. The third kappa shape index (κ3) is 4.66. The van der Waals surface area contributed by atoms with E-state index in [0.29, 0.717) is 6.54 Å². The van der Waals surface area contributed by atoms with Crippen molar-refractivity contribution in [2.45, 2.75) is 32.1 Å². The van der Waals surface area contributed by atoms with E-state index in [0.717, 1.165) is 25.9 Å². The summed E-state index contributed by atoms with van der Waals surface area (Å²) in [6.45, 7) is 6.13. The first-order chi connectivity index (χ1) is 9.29. The fourth-order valence-electron chi connectivity index (χ4n) is 2.94. The highest BCUT2D eigenvalue weighted by Crippen LogP contribution is 2.15. The maximum atomic E-state index is 11.8. The summed E-state index contributed by atoms with van der Waals surface area (Å²) in [4.78, 5) is 16.2. The zero-order valence-electron chi connectivity index (χ0n) is 11.8. The Morgan fingerprint density at radius 1 is 1.21 bits per heavy atom. The van der Waals surface area contributed by atoms with Gasteiger partial charge in [-0.3, -0.25) is 0 Å². The molecular formula is C14H27N3O2. The van der Waals surface area contributed by atoms with Crippen molar-refractivity contribution in [2.24, 2.45) is 5.92 Å². The molecule has 5 heteroatoms. The molecule has 5 nitrogen and oxygen atoms in total. The maximum absolute atomic E-state index is 11.8. The van der Waals surface area contributed by atoms with Crippen LogP contribution < -0.4 is 5.32 Å². The predicted octanol–water partition coefficient (Wildman–Crippen LogP) is 0.886. The van der Waals surface area contributed by atoms with E-state index in [4.69, 9.17) is 5.11 Å². The molecule has 110 valence electrons. The second-order valence-corrected chi connectivity index (χ2v) is 5.77. The number of aliphatic hydroxyl groups excluding tert-OH is 1. The van der Waals surface area contributed by atoms with E-state index < -0.39 is 0 Å². The number of nitrogens with zero attached hydrogens (tertiary/aromatic N) is 2. The lowest BCUT2D eigenvalue weighted by atomic mass is 10.1. The van der Waals surface area contributed by atoms with Gasteiger partial charge in [-0.25, -0.2) is 4.79 Å². The van der Waals surface area contributed by atoms with Crippen molar-refractivity contribution in [3.8, 4) is 0 Å². The Morgan fingerprint density at radius 3 is 2.68 bits per heavy atom. The minimum Gasteiger partial charge on any atom is -0.396 e. The van der Waals surface area contributed by atoms with E-state index >= 15 is 0 Å². The third-order valence-electron chi connectivity index (χ3n) is 4.21. The lowest BCUT2D eigenvalue weighted by Crippen LogP contribution is -2.39. The number of hydrogen-bond donors (Lipinski definition) is 2. The molecule has 2 heterocycles. The van der Waals surface area contributed by atoms with Gasteiger partial charge in [-0.2, -0.15) is 0 Å². The van der Waals surface area contributed by atoms with E-state index in [1.54, 1.807) is 0 Å². The van der Waals surface area contributed by atoms with Gasteiger partial charge in [0.15, 0.2) is 0 Å². The molecule has 0 bridgehead atoms. The molecule has 0 aromatic heterocycles. The summed E-state index contributed by atoms with van der Waals surface area (Å²) in [5.74, 6) is 0.279. The number of rotatable bonds is 6. The minimum absolute atomic E-state index is 0.0390. The van der Waals surface area contributed by atoms with E-state index in [-0.39, 0.29) is 18.6 Å². The Kier molecular flexibility index (Phi) is 5.92. The van der Waals surface area contributed by atoms with Crippen molar-refractivity contribution in [3.63, 3.8) is 0 Å². The van der Waals surface area contributed by atoms with Crippen LogP contribution in [0.3, 0.4) is 0 Å². The Bertz CT molecular complexity index is 280. The number of hydrogen-bond acceptors (Lipinski definition) is 3. The van der Waals surface area contributed by atoms with Crippen molar-refractivity contribution in [2.75, 3.05) is 45.9 Å². The van der Waals surface area contributed by atoms with Crippen molar-refractivity contribution in [3.05, 3.63) is 0 Å². The second-order valence-electron chi connectivity index (χ2n) is 5.77. The topological polar surface area (TPSA) is 55.8 Å². The van der Waals surface area contributed by atoms with Gasteiger partial charge in [-0.15, -0.1) is 0 Å². The molecule has 2 aliphatic heterocycles. The first-order valence-electron chi connectivity index (χ1n) is 7.65. The monoisotopic (exact) mass is 269 g/mol. The van der Waals surface area contributed by atoms with Gasteiger partial charge < -0.3 is 20.2 Å². The molecule has 19 heavy (non-hydrogen) atoms. The standard InChI is InChI=1S/C14H27N3O2/c18-12-13-5-10-17(11-13)14(19)15-6-1-2-7-16-8-3-4-9-16/h13,18H,1-12H2,(H,15,19). The summed E-state index contributed by atoms with van der Waals surface area (Å²) >= 11 is 0. The van der Waals surface area contributed by atoms with Gasteiger partial charge in [0.25, 0.3) is 0 Å². The average Bonchev–Trinajstić information content (AvgIpc) is 3.09. The van der Waals surface area contributed by atoms with Crippen LogP contribution in [0.1, 0.15) is 32.1 Å². The molecule has 0 aromatic rings. The van der Waals surface area contributed by atoms with E-state index in [2.05, 4.69) is 10.2 Å². The van der Waals surface area contributed by atoms with Crippen LogP contribution in [0.15, 0.2) is 0 Å². The number of nitrogens with one attached hydrogen (secondary N) is 1. The van der Waals surface area contributed by atoms with Gasteiger partial charge in [0.2, 0.25) is 0 Å². The van der Waals surface area contributed by atoms with Gasteiger partial charge in [0.05, 0.1) is 0 Å². The summed E-state index contributed by atoms with van der Waals surface area (Å²) < 4.78 is 0. The molecule has 1 atom stereocenters. The first kappa shape index (κ1) is 14.6. The van der Waals surface area contributed by atoms with Gasteiger partial charge in [-0.1, -0.05) is 0 Å². The van der Waals surface area contributed by atoms with Crippen molar-refractivity contribution in [1.82, 2.24) is 15.1 Å². The van der Waals surface area contributed by atoms with Crippen LogP contribution in [0.2, 0.25) is 0 Å². The van der Waals surface area contributed by atoms with Crippen LogP contribution in [0, 0.1) is 5.92 Å². The smallest absolute Gasteiger partial charge is 0.317 e. The Morgan fingerprint density at radius 2 is 2.00 bits per heavy atom. The molecular weight excluding hydrogens is 242 g/mol. The van der Waals surface area contributed by atoms with E-state index in [9.17, 15) is 4.79 Å². The molecule has 0 radical (unpaired) electrons. The highest BCUT2D eigenvalue weighted by Gasteiger charge is 2.25. The third-order valence-corrected chi connectivity index (χ3v) is 4.21. The van der Waals surface area contributed by atoms with Gasteiger partial charge >= 0.3 is 6.03 Å². The van der Waals surface area contributed by atoms with Crippen molar-refractivity contribution in [1.29, 1.82) is 0 Å². The largest absolute Gasteiger partial charge is 0.396 e. The number of carbonyl (C=O) groups is 1. The Labute approximate surface area is 115 Å². The quantitative estimate of drug-likeness (QED) is 0.704. The Hall–Kier alpha value is -0.810. The van der Waals surface area contributed by atoms with Crippen LogP contribution in [0.5, 0.6) is 0 Å². The minimum atomic E-state index is 0.0390. The van der Waals surface area contributed by atoms with Crippen LogP contribution in [0.25, 0.3) is 0 Å². The summed E-state index contributed by atoms with van der Waals surface area (Å²) in [5, 5.41) is 12.0. The molecule has 2 amide bonds. The van der Waals surface area contributed by atoms with Crippen LogP contribution in [-0.2, 0) is 0 Å². The van der Waals surface area contributed by atoms with Gasteiger partial charge in [0, 0.05) is 32.2 Å². The summed E-state index contributed by atoms with van der Waals surface area (Å²) in [5.41, 5.74) is 0. The molecule has 2 rings (SSSR count). The molecule has 2 aliphatic rings. The molecule has 0 aliphatic carbocycles. The van der Waals surface area contributed by atoms with Crippen molar-refractivity contribution < 1.29 is 9.90 Å². The van der Waals surface area contributed by atoms with Crippen LogP contribution >= 0.6 is 0 Å². The van der Waals surface area contributed by atoms with Crippen molar-refractivity contribution >= 4 is 6.03 Å². The summed E-state index contributed by atoms with van der Waals surface area (Å²) in [6.07, 6.45) is 5.84. The fourth-order valence-corrected chi connectivity index (χ4v) is 2.94. The number of unbranched alkanes of at least 4 members (excludes halogenated alkanes) is 1. The highest BCUT2D eigenvalue weighted by atomic mass is 16.3. The number of amides is 2. The second kappa shape index (κ2) is 7.70. The SMILES string of the molecule is O=C(NCCCCN1CCCC1)N1CCC(CO)C1. The summed E-state index contributed by atoms with van der Waals surface area (Å²) in [7, 11) is 0. The Balaban J connectivity index is 1.49. The number of aliphatic hydroxyl groups is 1. The molecule has 0 saturated carbocycles. The van der Waals surface area contributed by atoms with Gasteiger partial charge in [0.1, 0.15) is 0 Å². The average molecular weight is 269 g/mol. The normalized spacial score (nSPS) is 24.1. The highest BCUT2D eigenvalue weighted by molar-refractivity contribution is 5.74. The van der Waals surface area contributed by atoms with E-state index in [1.807, 2.05) is 4.90 Å². The first-order valence-corrected chi connectivity index (χ1v) is 7.65.